The zero-order valence-electron chi connectivity index (χ0n) is 8.15. The van der Waals surface area contributed by atoms with E-state index in [4.69, 9.17) is 10.8 Å². The molecule has 0 aliphatic carbocycles. The van der Waals surface area contributed by atoms with Crippen molar-refractivity contribution >= 4 is 17.9 Å². The van der Waals surface area contributed by atoms with E-state index in [-0.39, 0.29) is 13.2 Å². The molecule has 0 aliphatic heterocycles. The minimum absolute atomic E-state index is 0.167. The Morgan fingerprint density at radius 1 is 1.47 bits per heavy atom. The van der Waals surface area contributed by atoms with E-state index in [2.05, 4.69) is 15.4 Å². The maximum Gasteiger partial charge on any atom is 0.328 e. The molecule has 0 rings (SSSR count). The van der Waals surface area contributed by atoms with Crippen molar-refractivity contribution in [3.8, 4) is 0 Å². The molecule has 3 amide bonds. The van der Waals surface area contributed by atoms with Gasteiger partial charge in [-0.3, -0.25) is 4.79 Å². The maximum atomic E-state index is 11.0. The van der Waals surface area contributed by atoms with Gasteiger partial charge in [0.05, 0.1) is 13.2 Å². The Morgan fingerprint density at radius 3 is 2.47 bits per heavy atom. The Hall–Kier alpha value is -1.83. The summed E-state index contributed by atoms with van der Waals surface area (Å²) in [4.78, 5) is 31.8. The van der Waals surface area contributed by atoms with Crippen LogP contribution < -0.4 is 16.4 Å². The van der Waals surface area contributed by atoms with Crippen molar-refractivity contribution in [2.45, 2.75) is 6.04 Å². The van der Waals surface area contributed by atoms with Crippen LogP contribution in [0, 0.1) is 0 Å². The molecule has 1 atom stereocenters. The number of carboxylic acid groups (broad SMARTS) is 1. The number of urea groups is 1. The summed E-state index contributed by atoms with van der Waals surface area (Å²) in [5.41, 5.74) is 4.77. The molecular formula is C7H13N3O5. The molecule has 0 radical (unpaired) electrons. The molecule has 0 aromatic rings. The second-order valence-electron chi connectivity index (χ2n) is 2.64. The van der Waals surface area contributed by atoms with E-state index in [1.165, 1.54) is 7.11 Å². The zero-order valence-corrected chi connectivity index (χ0v) is 8.15. The molecule has 5 N–H and O–H groups in total. The largest absolute Gasteiger partial charge is 0.480 e. The smallest absolute Gasteiger partial charge is 0.328 e. The zero-order chi connectivity index (χ0) is 11.8. The van der Waals surface area contributed by atoms with Gasteiger partial charge in [-0.1, -0.05) is 0 Å². The van der Waals surface area contributed by atoms with Gasteiger partial charge in [-0.05, 0) is 0 Å². The lowest BCUT2D eigenvalue weighted by Gasteiger charge is -2.13. The van der Waals surface area contributed by atoms with Gasteiger partial charge in [0, 0.05) is 7.11 Å². The van der Waals surface area contributed by atoms with E-state index >= 15 is 0 Å². The van der Waals surface area contributed by atoms with Crippen LogP contribution in [0.15, 0.2) is 0 Å². The number of hydrogen-bond donors (Lipinski definition) is 4. The molecule has 15 heavy (non-hydrogen) atoms. The van der Waals surface area contributed by atoms with Crippen molar-refractivity contribution in [2.24, 2.45) is 5.73 Å². The van der Waals surface area contributed by atoms with E-state index in [9.17, 15) is 14.4 Å². The van der Waals surface area contributed by atoms with E-state index in [1.54, 1.807) is 0 Å². The van der Waals surface area contributed by atoms with Crippen molar-refractivity contribution in [3.05, 3.63) is 0 Å². The summed E-state index contributed by atoms with van der Waals surface area (Å²) in [5.74, 6) is -1.95. The lowest BCUT2D eigenvalue weighted by atomic mass is 10.3. The van der Waals surface area contributed by atoms with E-state index in [1.807, 2.05) is 0 Å². The molecule has 1 unspecified atom stereocenters. The number of methoxy groups -OCH3 is 1. The maximum absolute atomic E-state index is 11.0. The van der Waals surface area contributed by atoms with Gasteiger partial charge in [-0.15, -0.1) is 0 Å². The first-order valence-electron chi connectivity index (χ1n) is 4.01. The van der Waals surface area contributed by atoms with Crippen LogP contribution in [0.1, 0.15) is 0 Å². The highest BCUT2D eigenvalue weighted by Crippen LogP contribution is 1.85. The Bertz CT molecular complexity index is 255. The van der Waals surface area contributed by atoms with Crippen LogP contribution in [-0.2, 0) is 14.3 Å². The fraction of sp³-hybridized carbons (Fsp3) is 0.571. The first-order chi connectivity index (χ1) is 6.97. The van der Waals surface area contributed by atoms with Crippen LogP contribution in [0.3, 0.4) is 0 Å². The summed E-state index contributed by atoms with van der Waals surface area (Å²) in [5, 5.41) is 12.8. The van der Waals surface area contributed by atoms with Gasteiger partial charge in [0.15, 0.2) is 6.04 Å². The fourth-order valence-electron chi connectivity index (χ4n) is 0.718. The summed E-state index contributed by atoms with van der Waals surface area (Å²) >= 11 is 0. The highest BCUT2D eigenvalue weighted by molar-refractivity contribution is 5.85. The lowest BCUT2D eigenvalue weighted by molar-refractivity contribution is -0.140. The SMILES string of the molecule is COCC(NC(=O)NCC(N)=O)C(=O)O. The monoisotopic (exact) mass is 219 g/mol. The molecule has 8 nitrogen and oxygen atoms in total. The van der Waals surface area contributed by atoms with Crippen LogP contribution in [0.2, 0.25) is 0 Å². The third-order valence-electron chi connectivity index (χ3n) is 1.36. The lowest BCUT2D eigenvalue weighted by Crippen LogP contribution is -2.49. The fourth-order valence-corrected chi connectivity index (χ4v) is 0.718. The highest BCUT2D eigenvalue weighted by atomic mass is 16.5. The number of ether oxygens (including phenoxy) is 1. The normalized spacial score (nSPS) is 11.5. The van der Waals surface area contributed by atoms with Crippen molar-refractivity contribution < 1.29 is 24.2 Å². The predicted molar refractivity (Wildman–Crippen MR) is 49.0 cm³/mol. The Balaban J connectivity index is 3.99. The third kappa shape index (κ3) is 6.27. The average Bonchev–Trinajstić information content (AvgIpc) is 2.14. The van der Waals surface area contributed by atoms with Crippen molar-refractivity contribution in [1.29, 1.82) is 0 Å². The molecule has 0 aromatic carbocycles. The minimum atomic E-state index is -1.23. The van der Waals surface area contributed by atoms with Gasteiger partial charge in [-0.25, -0.2) is 9.59 Å². The molecular weight excluding hydrogens is 206 g/mol. The Kier molecular flexibility index (Phi) is 5.79. The topological polar surface area (TPSA) is 131 Å². The number of rotatable bonds is 6. The molecule has 0 fully saturated rings. The van der Waals surface area contributed by atoms with Crippen LogP contribution in [-0.4, -0.2) is 49.3 Å². The molecule has 0 spiro atoms. The summed E-state index contributed by atoms with van der Waals surface area (Å²) in [6.45, 7) is -0.523. The number of primary amides is 1. The highest BCUT2D eigenvalue weighted by Gasteiger charge is 2.19. The molecule has 0 bridgehead atoms. The van der Waals surface area contributed by atoms with Crippen LogP contribution in [0.4, 0.5) is 4.79 Å². The number of nitrogens with one attached hydrogen (secondary N) is 2. The van der Waals surface area contributed by atoms with Gasteiger partial charge < -0.3 is 26.2 Å². The van der Waals surface area contributed by atoms with Crippen molar-refractivity contribution in [2.75, 3.05) is 20.3 Å². The standard InChI is InChI=1S/C7H13N3O5/c1-15-3-4(6(12)13)10-7(14)9-2-5(8)11/h4H,2-3H2,1H3,(H2,8,11)(H,12,13)(H2,9,10,14). The number of aliphatic carboxylic acids is 1. The van der Waals surface area contributed by atoms with E-state index in [0.717, 1.165) is 0 Å². The van der Waals surface area contributed by atoms with Gasteiger partial charge in [0.25, 0.3) is 0 Å². The molecule has 0 heterocycles. The summed E-state index contributed by atoms with van der Waals surface area (Å²) in [6, 6.07) is -1.96. The van der Waals surface area contributed by atoms with E-state index in [0.29, 0.717) is 0 Å². The predicted octanol–water partition coefficient (Wildman–Crippen LogP) is -2.13. The van der Waals surface area contributed by atoms with Gasteiger partial charge in [0.1, 0.15) is 0 Å². The third-order valence-corrected chi connectivity index (χ3v) is 1.36. The van der Waals surface area contributed by atoms with Crippen LogP contribution in [0.25, 0.3) is 0 Å². The van der Waals surface area contributed by atoms with E-state index < -0.39 is 23.9 Å². The number of carboxylic acids is 1. The summed E-state index contributed by atoms with van der Waals surface area (Å²) in [7, 11) is 1.30. The van der Waals surface area contributed by atoms with Gasteiger partial charge in [0.2, 0.25) is 5.91 Å². The molecule has 8 heteroatoms. The number of carbonyl (C=O) groups is 3. The number of hydrogen-bond acceptors (Lipinski definition) is 4. The summed E-state index contributed by atoms with van der Waals surface area (Å²) < 4.78 is 4.58. The quantitative estimate of drug-likeness (QED) is 0.405. The Labute approximate surface area is 85.8 Å². The van der Waals surface area contributed by atoms with Gasteiger partial charge in [-0.2, -0.15) is 0 Å². The van der Waals surface area contributed by atoms with Crippen LogP contribution >= 0.6 is 0 Å². The van der Waals surface area contributed by atoms with Crippen molar-refractivity contribution in [1.82, 2.24) is 10.6 Å². The average molecular weight is 219 g/mol. The number of amides is 3. The number of carbonyl (C=O) groups excluding carboxylic acids is 2. The first kappa shape index (κ1) is 13.2. The van der Waals surface area contributed by atoms with Gasteiger partial charge >= 0.3 is 12.0 Å². The second-order valence-corrected chi connectivity index (χ2v) is 2.64. The molecule has 0 saturated carbocycles. The molecule has 0 aliphatic rings. The number of nitrogens with two attached hydrogens (primary N) is 1. The summed E-state index contributed by atoms with van der Waals surface area (Å²) in [6.07, 6.45) is 0. The first-order valence-corrected chi connectivity index (χ1v) is 4.01. The van der Waals surface area contributed by atoms with Crippen molar-refractivity contribution in [3.63, 3.8) is 0 Å². The van der Waals surface area contributed by atoms with Crippen LogP contribution in [0.5, 0.6) is 0 Å². The second kappa shape index (κ2) is 6.60. The Morgan fingerprint density at radius 2 is 2.07 bits per heavy atom. The minimum Gasteiger partial charge on any atom is -0.480 e. The molecule has 0 saturated heterocycles. The molecule has 0 aromatic heterocycles. The molecule has 86 valence electrons.